The highest BCUT2D eigenvalue weighted by molar-refractivity contribution is 5.95. The van der Waals surface area contributed by atoms with Gasteiger partial charge in [0.25, 0.3) is 5.91 Å². The topological polar surface area (TPSA) is 50.8 Å². The fourth-order valence-corrected chi connectivity index (χ4v) is 3.79. The molecule has 5 nitrogen and oxygen atoms in total. The van der Waals surface area contributed by atoms with Gasteiger partial charge in [-0.25, -0.2) is 0 Å². The number of hydrogen-bond donors (Lipinski definition) is 1. The van der Waals surface area contributed by atoms with Crippen LogP contribution in [-0.4, -0.2) is 62.4 Å². The number of rotatable bonds is 6. The lowest BCUT2D eigenvalue weighted by Crippen LogP contribution is -2.50. The average molecular weight is 346 g/mol. The van der Waals surface area contributed by atoms with Crippen LogP contribution in [0.5, 0.6) is 0 Å². The number of nitrogens with one attached hydrogen (secondary N) is 1. The largest absolute Gasteiger partial charge is 0.381 e. The van der Waals surface area contributed by atoms with E-state index in [4.69, 9.17) is 9.47 Å². The summed E-state index contributed by atoms with van der Waals surface area (Å²) >= 11 is 0. The average Bonchev–Trinajstić information content (AvgIpc) is 2.69. The van der Waals surface area contributed by atoms with E-state index < -0.39 is 0 Å². The van der Waals surface area contributed by atoms with Gasteiger partial charge in [-0.15, -0.1) is 0 Å². The fourth-order valence-electron chi connectivity index (χ4n) is 3.79. The summed E-state index contributed by atoms with van der Waals surface area (Å²) < 4.78 is 11.4. The number of morpholine rings is 1. The van der Waals surface area contributed by atoms with Crippen LogP contribution in [0.4, 0.5) is 0 Å². The molecule has 1 aromatic carbocycles. The number of hydrogen-bond acceptors (Lipinski definition) is 4. The lowest BCUT2D eigenvalue weighted by molar-refractivity contribution is -0.0636. The first kappa shape index (κ1) is 18.4. The van der Waals surface area contributed by atoms with Gasteiger partial charge in [0.15, 0.2) is 0 Å². The van der Waals surface area contributed by atoms with Gasteiger partial charge in [0.05, 0.1) is 12.7 Å². The van der Waals surface area contributed by atoms with E-state index in [1.807, 2.05) is 24.3 Å². The van der Waals surface area contributed by atoms with E-state index in [1.54, 1.807) is 0 Å². The molecular formula is C20H30N2O3. The lowest BCUT2D eigenvalue weighted by atomic mass is 10.0. The number of carbonyl (C=O) groups is 1. The minimum Gasteiger partial charge on any atom is -0.381 e. The Morgan fingerprint density at radius 3 is 2.84 bits per heavy atom. The van der Waals surface area contributed by atoms with Crippen LogP contribution >= 0.6 is 0 Å². The van der Waals surface area contributed by atoms with Gasteiger partial charge in [-0.3, -0.25) is 9.69 Å². The molecular weight excluding hydrogens is 316 g/mol. The third-order valence-corrected chi connectivity index (χ3v) is 5.27. The van der Waals surface area contributed by atoms with Crippen molar-refractivity contribution >= 4 is 5.91 Å². The molecule has 138 valence electrons. The van der Waals surface area contributed by atoms with Crippen molar-refractivity contribution in [3.8, 4) is 0 Å². The number of nitrogens with zero attached hydrogens (tertiary/aromatic N) is 1. The zero-order valence-electron chi connectivity index (χ0n) is 15.2. The predicted octanol–water partition coefficient (Wildman–Crippen LogP) is 2.25. The van der Waals surface area contributed by atoms with Gasteiger partial charge in [-0.2, -0.15) is 0 Å². The maximum Gasteiger partial charge on any atom is 0.251 e. The van der Waals surface area contributed by atoms with Crippen LogP contribution in [0.15, 0.2) is 24.3 Å². The zero-order valence-corrected chi connectivity index (χ0v) is 15.2. The summed E-state index contributed by atoms with van der Waals surface area (Å²) in [6.45, 7) is 7.24. The molecule has 0 spiro atoms. The summed E-state index contributed by atoms with van der Waals surface area (Å²) in [6.07, 6.45) is 4.18. The van der Waals surface area contributed by atoms with E-state index in [1.165, 1.54) is 0 Å². The van der Waals surface area contributed by atoms with Crippen LogP contribution < -0.4 is 5.32 Å². The first-order valence-corrected chi connectivity index (χ1v) is 9.57. The van der Waals surface area contributed by atoms with Crippen molar-refractivity contribution in [1.29, 1.82) is 0 Å². The summed E-state index contributed by atoms with van der Waals surface area (Å²) in [7, 11) is 0. The highest BCUT2D eigenvalue weighted by atomic mass is 16.5. The van der Waals surface area contributed by atoms with Crippen LogP contribution in [0.2, 0.25) is 0 Å². The molecule has 0 bridgehead atoms. The van der Waals surface area contributed by atoms with Crippen molar-refractivity contribution in [3.05, 3.63) is 35.4 Å². The van der Waals surface area contributed by atoms with Gasteiger partial charge < -0.3 is 14.8 Å². The summed E-state index contributed by atoms with van der Waals surface area (Å²) in [4.78, 5) is 14.9. The number of ether oxygens (including phenoxy) is 2. The minimum absolute atomic E-state index is 0.0227. The maximum absolute atomic E-state index is 12.4. The Labute approximate surface area is 150 Å². The molecule has 2 saturated heterocycles. The van der Waals surface area contributed by atoms with Gasteiger partial charge in [0, 0.05) is 44.5 Å². The molecule has 3 rings (SSSR count). The van der Waals surface area contributed by atoms with E-state index in [-0.39, 0.29) is 12.0 Å². The number of benzene rings is 1. The van der Waals surface area contributed by atoms with Crippen molar-refractivity contribution < 1.29 is 14.3 Å². The van der Waals surface area contributed by atoms with Crippen molar-refractivity contribution in [1.82, 2.24) is 10.2 Å². The van der Waals surface area contributed by atoms with Crippen molar-refractivity contribution in [3.63, 3.8) is 0 Å². The molecule has 5 heteroatoms. The van der Waals surface area contributed by atoms with Crippen molar-refractivity contribution in [2.75, 3.05) is 39.5 Å². The number of amides is 1. The van der Waals surface area contributed by atoms with Gasteiger partial charge >= 0.3 is 0 Å². The zero-order chi connectivity index (χ0) is 17.5. The molecule has 2 fully saturated rings. The quantitative estimate of drug-likeness (QED) is 0.858. The summed E-state index contributed by atoms with van der Waals surface area (Å²) in [5.74, 6) is 0.0227. The van der Waals surface area contributed by atoms with Gasteiger partial charge in [0.1, 0.15) is 0 Å². The van der Waals surface area contributed by atoms with Crippen LogP contribution in [0.25, 0.3) is 0 Å². The molecule has 1 unspecified atom stereocenters. The van der Waals surface area contributed by atoms with Crippen LogP contribution in [0, 0.1) is 0 Å². The van der Waals surface area contributed by atoms with Crippen molar-refractivity contribution in [2.45, 2.75) is 44.8 Å². The summed E-state index contributed by atoms with van der Waals surface area (Å²) in [6, 6.07) is 8.45. The monoisotopic (exact) mass is 346 g/mol. The van der Waals surface area contributed by atoms with Crippen LogP contribution in [0.3, 0.4) is 0 Å². The molecule has 2 heterocycles. The molecule has 1 N–H and O–H groups in total. The molecule has 0 aromatic heterocycles. The predicted molar refractivity (Wildman–Crippen MR) is 97.9 cm³/mol. The van der Waals surface area contributed by atoms with E-state index in [0.717, 1.165) is 69.7 Å². The minimum atomic E-state index is 0.0227. The third kappa shape index (κ3) is 5.03. The number of aryl methyl sites for hydroxylation is 1. The second kappa shape index (κ2) is 9.32. The van der Waals surface area contributed by atoms with E-state index in [0.29, 0.717) is 12.6 Å². The molecule has 0 aliphatic carbocycles. The van der Waals surface area contributed by atoms with E-state index in [9.17, 15) is 4.79 Å². The SMILES string of the molecule is CCc1ccccc1C(=O)NCCC1CN(C2CCOCC2)CCO1. The Morgan fingerprint density at radius 1 is 1.24 bits per heavy atom. The Morgan fingerprint density at radius 2 is 2.04 bits per heavy atom. The van der Waals surface area contributed by atoms with Crippen molar-refractivity contribution in [2.24, 2.45) is 0 Å². The molecule has 2 aliphatic rings. The first-order valence-electron chi connectivity index (χ1n) is 9.57. The van der Waals surface area contributed by atoms with Crippen LogP contribution in [0.1, 0.15) is 42.1 Å². The smallest absolute Gasteiger partial charge is 0.251 e. The molecule has 1 aromatic rings. The maximum atomic E-state index is 12.4. The summed E-state index contributed by atoms with van der Waals surface area (Å²) in [5, 5.41) is 3.06. The second-order valence-corrected chi connectivity index (χ2v) is 6.89. The second-order valence-electron chi connectivity index (χ2n) is 6.89. The van der Waals surface area contributed by atoms with Gasteiger partial charge in [-0.05, 0) is 37.3 Å². The molecule has 0 radical (unpaired) electrons. The Balaban J connectivity index is 1.44. The Hall–Kier alpha value is -1.43. The first-order chi connectivity index (χ1) is 12.3. The fraction of sp³-hybridized carbons (Fsp3) is 0.650. The highest BCUT2D eigenvalue weighted by Crippen LogP contribution is 2.18. The van der Waals surface area contributed by atoms with E-state index >= 15 is 0 Å². The molecule has 25 heavy (non-hydrogen) atoms. The normalized spacial score (nSPS) is 22.7. The summed E-state index contributed by atoms with van der Waals surface area (Å²) in [5.41, 5.74) is 1.89. The van der Waals surface area contributed by atoms with Gasteiger partial charge in [0.2, 0.25) is 0 Å². The Bertz CT molecular complexity index is 558. The van der Waals surface area contributed by atoms with Crippen LogP contribution in [-0.2, 0) is 15.9 Å². The van der Waals surface area contributed by atoms with Gasteiger partial charge in [-0.1, -0.05) is 25.1 Å². The molecule has 2 aliphatic heterocycles. The molecule has 0 saturated carbocycles. The Kier molecular flexibility index (Phi) is 6.84. The third-order valence-electron chi connectivity index (χ3n) is 5.27. The molecule has 1 atom stereocenters. The van der Waals surface area contributed by atoms with E-state index in [2.05, 4.69) is 17.1 Å². The lowest BCUT2D eigenvalue weighted by Gasteiger charge is -2.39. The molecule has 1 amide bonds. The highest BCUT2D eigenvalue weighted by Gasteiger charge is 2.27. The number of carbonyl (C=O) groups excluding carboxylic acids is 1. The standard InChI is InChI=1S/C20H30N2O3/c1-2-16-5-3-4-6-19(16)20(23)21-10-7-18-15-22(11-14-25-18)17-8-12-24-13-9-17/h3-6,17-18H,2,7-15H2,1H3,(H,21,23).